The number of carbonyl (C=O) groups excluding carboxylic acids is 1. The Hall–Kier alpha value is -5.16. The fourth-order valence-electron chi connectivity index (χ4n) is 5.11. The van der Waals surface area contributed by atoms with E-state index in [1.807, 2.05) is 56.3 Å². The molecule has 0 bridgehead atoms. The number of nitrogens with one attached hydrogen (secondary N) is 1. The van der Waals surface area contributed by atoms with Gasteiger partial charge in [0.1, 0.15) is 35.2 Å². The fourth-order valence-corrected chi connectivity index (χ4v) is 5.11. The van der Waals surface area contributed by atoms with Gasteiger partial charge < -0.3 is 24.1 Å². The van der Waals surface area contributed by atoms with Crippen LogP contribution in [0.4, 0.5) is 15.9 Å². The van der Waals surface area contributed by atoms with Gasteiger partial charge in [0.25, 0.3) is 0 Å². The molecular weight excluding hydrogens is 599 g/mol. The Morgan fingerprint density at radius 1 is 1.09 bits per heavy atom. The molecule has 242 valence electrons. The van der Waals surface area contributed by atoms with Crippen molar-refractivity contribution in [3.63, 3.8) is 0 Å². The van der Waals surface area contributed by atoms with Gasteiger partial charge in [-0.25, -0.2) is 14.4 Å². The average Bonchev–Trinajstić information content (AvgIpc) is 3.78. The predicted octanol–water partition coefficient (Wildman–Crippen LogP) is 7.64. The van der Waals surface area contributed by atoms with Crippen molar-refractivity contribution < 1.29 is 23.1 Å². The van der Waals surface area contributed by atoms with E-state index >= 15 is 4.39 Å². The first-order valence-electron chi connectivity index (χ1n) is 15.8. The van der Waals surface area contributed by atoms with E-state index in [2.05, 4.69) is 25.5 Å². The minimum Gasteiger partial charge on any atom is -0.494 e. The summed E-state index contributed by atoms with van der Waals surface area (Å²) in [5.74, 6) is 3.03. The number of fused-ring (bicyclic) bond motifs is 1. The molecule has 0 unspecified atom stereocenters. The van der Waals surface area contributed by atoms with Crippen LogP contribution in [0.25, 0.3) is 22.4 Å². The van der Waals surface area contributed by atoms with Crippen LogP contribution in [0.1, 0.15) is 50.0 Å². The van der Waals surface area contributed by atoms with E-state index in [-0.39, 0.29) is 11.5 Å². The molecule has 6 rings (SSSR count). The summed E-state index contributed by atoms with van der Waals surface area (Å²) in [7, 11) is 3.91. The van der Waals surface area contributed by atoms with Gasteiger partial charge in [-0.15, -0.1) is 10.2 Å². The molecule has 0 saturated heterocycles. The summed E-state index contributed by atoms with van der Waals surface area (Å²) < 4.78 is 33.1. The Kier molecular flexibility index (Phi) is 9.82. The van der Waals surface area contributed by atoms with E-state index in [9.17, 15) is 4.79 Å². The van der Waals surface area contributed by atoms with Crippen LogP contribution < -0.4 is 14.8 Å². The summed E-state index contributed by atoms with van der Waals surface area (Å²) in [6.45, 7) is 3.13. The van der Waals surface area contributed by atoms with Gasteiger partial charge in [-0.2, -0.15) is 0 Å². The second-order valence-corrected chi connectivity index (χ2v) is 11.7. The van der Waals surface area contributed by atoms with E-state index in [4.69, 9.17) is 13.9 Å². The Bertz CT molecular complexity index is 1900. The summed E-state index contributed by atoms with van der Waals surface area (Å²) in [4.78, 5) is 23.2. The molecule has 3 aromatic carbocycles. The fraction of sp³-hybridized carbons (Fsp3) is 0.306. The standard InChI is InChI=1S/C36H37FN6O4/c1-4-45-33-21-32-29(19-24(33)8-5-10-26(44)11-7-17-43(2)3)34(39-22-38-32)40-31-16-15-28(20-30(31)37)46-27-12-6-9-25(18-27)36-42-41-35(47-36)23-13-14-23/h6-7,9,11-12,15-16,18-23H,4-5,8,10,13-14,17H2,1-3H3,(H,38,39,40)/b11-7+. The highest BCUT2D eigenvalue weighted by Gasteiger charge is 2.29. The lowest BCUT2D eigenvalue weighted by molar-refractivity contribution is -0.114. The third-order valence-corrected chi connectivity index (χ3v) is 7.64. The highest BCUT2D eigenvalue weighted by atomic mass is 19.1. The third-order valence-electron chi connectivity index (χ3n) is 7.64. The van der Waals surface area contributed by atoms with Crippen molar-refractivity contribution >= 4 is 28.2 Å². The van der Waals surface area contributed by atoms with Crippen LogP contribution in [0.2, 0.25) is 0 Å². The normalized spacial score (nSPS) is 13.0. The van der Waals surface area contributed by atoms with E-state index in [0.29, 0.717) is 84.1 Å². The number of carbonyl (C=O) groups is 1. The number of anilines is 2. The molecular formula is C36H37FN6O4. The molecule has 10 nitrogen and oxygen atoms in total. The summed E-state index contributed by atoms with van der Waals surface area (Å²) in [6, 6.07) is 15.7. The summed E-state index contributed by atoms with van der Waals surface area (Å²) >= 11 is 0. The Morgan fingerprint density at radius 3 is 2.72 bits per heavy atom. The molecule has 0 amide bonds. The first kappa shape index (κ1) is 31.8. The van der Waals surface area contributed by atoms with Crippen LogP contribution in [0, 0.1) is 5.82 Å². The highest BCUT2D eigenvalue weighted by Crippen LogP contribution is 2.40. The molecule has 0 spiro atoms. The summed E-state index contributed by atoms with van der Waals surface area (Å²) in [5.41, 5.74) is 2.54. The zero-order valence-corrected chi connectivity index (χ0v) is 26.7. The number of nitrogens with zero attached hydrogens (tertiary/aromatic N) is 5. The number of hydrogen-bond donors (Lipinski definition) is 1. The maximum absolute atomic E-state index is 15.4. The number of ether oxygens (including phenoxy) is 2. The maximum atomic E-state index is 15.4. The SMILES string of the molecule is CCOc1cc2ncnc(Nc3ccc(Oc4cccc(-c5nnc(C6CC6)o5)c4)cc3F)c2cc1CCCC(=O)/C=C/CN(C)C. The Balaban J connectivity index is 1.16. The minimum absolute atomic E-state index is 0.0844. The van der Waals surface area contributed by atoms with Crippen molar-refractivity contribution in [2.24, 2.45) is 0 Å². The number of rotatable bonds is 15. The van der Waals surface area contributed by atoms with E-state index in [1.165, 1.54) is 12.4 Å². The lowest BCUT2D eigenvalue weighted by Gasteiger charge is -2.14. The quantitative estimate of drug-likeness (QED) is 0.115. The average molecular weight is 637 g/mol. The molecule has 47 heavy (non-hydrogen) atoms. The molecule has 0 radical (unpaired) electrons. The zero-order valence-electron chi connectivity index (χ0n) is 26.7. The number of likely N-dealkylation sites (N-methyl/N-ethyl adjacent to an activating group) is 1. The number of hydrogen-bond acceptors (Lipinski definition) is 10. The van der Waals surface area contributed by atoms with Crippen molar-refractivity contribution in [3.8, 4) is 28.7 Å². The largest absolute Gasteiger partial charge is 0.494 e. The summed E-state index contributed by atoms with van der Waals surface area (Å²) in [5, 5.41) is 12.1. The van der Waals surface area contributed by atoms with Crippen LogP contribution in [-0.4, -0.2) is 58.1 Å². The number of halogens is 1. The zero-order chi connectivity index (χ0) is 32.8. The van der Waals surface area contributed by atoms with Gasteiger partial charge >= 0.3 is 0 Å². The van der Waals surface area contributed by atoms with E-state index in [1.54, 1.807) is 30.3 Å². The molecule has 1 saturated carbocycles. The minimum atomic E-state index is -0.511. The lowest BCUT2D eigenvalue weighted by atomic mass is 10.0. The maximum Gasteiger partial charge on any atom is 0.247 e. The van der Waals surface area contributed by atoms with Gasteiger partial charge in [0.05, 0.1) is 17.8 Å². The number of aryl methyl sites for hydroxylation is 1. The molecule has 1 aliphatic rings. The smallest absolute Gasteiger partial charge is 0.247 e. The molecule has 1 aliphatic carbocycles. The van der Waals surface area contributed by atoms with Gasteiger partial charge in [0, 0.05) is 42.0 Å². The highest BCUT2D eigenvalue weighted by molar-refractivity contribution is 5.92. The number of aromatic nitrogens is 4. The molecule has 1 N–H and O–H groups in total. The molecule has 1 fully saturated rings. The van der Waals surface area contributed by atoms with Crippen molar-refractivity contribution in [3.05, 3.63) is 90.3 Å². The second-order valence-electron chi connectivity index (χ2n) is 11.7. The van der Waals surface area contributed by atoms with Gasteiger partial charge in [-0.1, -0.05) is 12.1 Å². The molecule has 0 atom stereocenters. The second kappa shape index (κ2) is 14.5. The van der Waals surface area contributed by atoms with Gasteiger partial charge in [-0.05, 0) is 94.7 Å². The molecule has 5 aromatic rings. The van der Waals surface area contributed by atoms with Gasteiger partial charge in [-0.3, -0.25) is 4.79 Å². The third kappa shape index (κ3) is 8.17. The predicted molar refractivity (Wildman–Crippen MR) is 178 cm³/mol. The van der Waals surface area contributed by atoms with E-state index in [0.717, 1.165) is 24.0 Å². The van der Waals surface area contributed by atoms with Gasteiger partial charge in [0.15, 0.2) is 5.78 Å². The van der Waals surface area contributed by atoms with Crippen molar-refractivity contribution in [2.75, 3.05) is 32.6 Å². The first-order valence-corrected chi connectivity index (χ1v) is 15.8. The van der Waals surface area contributed by atoms with E-state index < -0.39 is 5.82 Å². The molecule has 11 heteroatoms. The van der Waals surface area contributed by atoms with Crippen LogP contribution in [0.15, 0.2) is 77.5 Å². The number of benzene rings is 3. The number of allylic oxidation sites excluding steroid dienone is 1. The first-order chi connectivity index (χ1) is 22.9. The number of ketones is 1. The topological polar surface area (TPSA) is 116 Å². The molecule has 2 aromatic heterocycles. The lowest BCUT2D eigenvalue weighted by Crippen LogP contribution is -2.10. The molecule has 0 aliphatic heterocycles. The van der Waals surface area contributed by atoms with Crippen LogP contribution in [0.3, 0.4) is 0 Å². The van der Waals surface area contributed by atoms with Crippen molar-refractivity contribution in [1.29, 1.82) is 0 Å². The Morgan fingerprint density at radius 2 is 1.94 bits per heavy atom. The van der Waals surface area contributed by atoms with Crippen LogP contribution >= 0.6 is 0 Å². The van der Waals surface area contributed by atoms with Crippen LogP contribution in [-0.2, 0) is 11.2 Å². The van der Waals surface area contributed by atoms with Crippen molar-refractivity contribution in [1.82, 2.24) is 25.1 Å². The Labute approximate surface area is 272 Å². The van der Waals surface area contributed by atoms with Gasteiger partial charge in [0.2, 0.25) is 11.8 Å². The van der Waals surface area contributed by atoms with Crippen LogP contribution in [0.5, 0.6) is 17.2 Å². The molecule has 2 heterocycles. The summed E-state index contributed by atoms with van der Waals surface area (Å²) in [6.07, 6.45) is 8.79. The van der Waals surface area contributed by atoms with Crippen molar-refractivity contribution in [2.45, 2.75) is 44.9 Å². The monoisotopic (exact) mass is 636 g/mol.